The van der Waals surface area contributed by atoms with E-state index in [0.717, 1.165) is 19.3 Å². The van der Waals surface area contributed by atoms with E-state index >= 15 is 0 Å². The summed E-state index contributed by atoms with van der Waals surface area (Å²) in [7, 11) is -4.61. The first-order chi connectivity index (χ1) is 9.78. The van der Waals surface area contributed by atoms with Crippen molar-refractivity contribution in [2.45, 2.75) is 77.7 Å². The van der Waals surface area contributed by atoms with E-state index in [1.54, 1.807) is 0 Å². The smallest absolute Gasteiger partial charge is 0.397 e. The summed E-state index contributed by atoms with van der Waals surface area (Å²) in [6.45, 7) is 3.51. The Hall–Kier alpha value is -0.660. The van der Waals surface area contributed by atoms with Gasteiger partial charge in [0.05, 0.1) is 12.0 Å². The first kappa shape index (κ1) is 20.3. The lowest BCUT2D eigenvalue weighted by molar-refractivity contribution is -0.145. The number of hydrogen-bond acceptors (Lipinski definition) is 4. The molecule has 126 valence electrons. The van der Waals surface area contributed by atoms with Crippen LogP contribution in [0.1, 0.15) is 71.6 Å². The predicted molar refractivity (Wildman–Crippen MR) is 80.4 cm³/mol. The molecule has 2 atom stereocenters. The molecule has 0 aliphatic heterocycles. The highest BCUT2D eigenvalue weighted by Crippen LogP contribution is 2.19. The lowest BCUT2D eigenvalue weighted by atomic mass is 9.96. The molecule has 0 fully saturated rings. The molecule has 0 aromatic heterocycles. The molecule has 2 N–H and O–H groups in total. The third-order valence-electron chi connectivity index (χ3n) is 3.53. The molecule has 2 unspecified atom stereocenters. The highest BCUT2D eigenvalue weighted by Gasteiger charge is 2.28. The quantitative estimate of drug-likeness (QED) is 0.397. The van der Waals surface area contributed by atoms with E-state index in [-0.39, 0.29) is 0 Å². The fraction of sp³-hybridized carbons (Fsp3) is 0.929. The summed E-state index contributed by atoms with van der Waals surface area (Å²) in [6.07, 6.45) is 8.04. The standard InChI is InChI=1S/C14H28O6S/c1-3-4-5-6-7-8-9-10-11-13(14(15)16)12(2)20-21(17,18)19/h12-13H,3-11H2,1-2H3,(H,15,16)(H,17,18,19). The Bertz CT molecular complexity index is 379. The van der Waals surface area contributed by atoms with Crippen molar-refractivity contribution in [2.75, 3.05) is 0 Å². The van der Waals surface area contributed by atoms with Gasteiger partial charge < -0.3 is 5.11 Å². The minimum absolute atomic E-state index is 0.348. The van der Waals surface area contributed by atoms with Crippen LogP contribution in [0.5, 0.6) is 0 Å². The molecule has 0 saturated carbocycles. The van der Waals surface area contributed by atoms with Crippen molar-refractivity contribution in [3.05, 3.63) is 0 Å². The van der Waals surface area contributed by atoms with Crippen LogP contribution in [0.3, 0.4) is 0 Å². The second kappa shape index (κ2) is 11.0. The Kier molecular flexibility index (Phi) is 10.6. The minimum Gasteiger partial charge on any atom is -0.481 e. The molecule has 0 spiro atoms. The number of carbonyl (C=O) groups is 1. The number of rotatable bonds is 13. The lowest BCUT2D eigenvalue weighted by Crippen LogP contribution is -2.30. The van der Waals surface area contributed by atoms with E-state index in [0.29, 0.717) is 12.8 Å². The molecule has 0 aliphatic rings. The van der Waals surface area contributed by atoms with Gasteiger partial charge in [-0.25, -0.2) is 4.18 Å². The number of carboxylic acids is 1. The Labute approximate surface area is 127 Å². The van der Waals surface area contributed by atoms with E-state index in [1.165, 1.54) is 32.6 Å². The second-order valence-electron chi connectivity index (χ2n) is 5.44. The summed E-state index contributed by atoms with van der Waals surface area (Å²) in [5.74, 6) is -2.03. The van der Waals surface area contributed by atoms with Crippen molar-refractivity contribution in [1.29, 1.82) is 0 Å². The van der Waals surface area contributed by atoms with E-state index in [4.69, 9.17) is 9.66 Å². The zero-order chi connectivity index (χ0) is 16.3. The molecule has 6 nitrogen and oxygen atoms in total. The van der Waals surface area contributed by atoms with Crippen LogP contribution in [0.4, 0.5) is 0 Å². The van der Waals surface area contributed by atoms with Gasteiger partial charge in [-0.1, -0.05) is 58.3 Å². The molecule has 0 rings (SSSR count). The molecule has 0 bridgehead atoms. The molecule has 7 heteroatoms. The SMILES string of the molecule is CCCCCCCCCCC(C(=O)O)C(C)OS(=O)(=O)O. The van der Waals surface area contributed by atoms with Crippen LogP contribution in [0, 0.1) is 5.92 Å². The fourth-order valence-electron chi connectivity index (χ4n) is 2.32. The number of aliphatic carboxylic acids is 1. The van der Waals surface area contributed by atoms with E-state index < -0.39 is 28.4 Å². The highest BCUT2D eigenvalue weighted by atomic mass is 32.3. The van der Waals surface area contributed by atoms with E-state index in [9.17, 15) is 13.2 Å². The van der Waals surface area contributed by atoms with Crippen LogP contribution in [0.2, 0.25) is 0 Å². The largest absolute Gasteiger partial charge is 0.481 e. The van der Waals surface area contributed by atoms with Crippen molar-refractivity contribution in [1.82, 2.24) is 0 Å². The Morgan fingerprint density at radius 2 is 1.52 bits per heavy atom. The molecule has 0 amide bonds. The van der Waals surface area contributed by atoms with Crippen molar-refractivity contribution in [2.24, 2.45) is 5.92 Å². The van der Waals surface area contributed by atoms with Crippen LogP contribution >= 0.6 is 0 Å². The number of hydrogen-bond donors (Lipinski definition) is 2. The Morgan fingerprint density at radius 1 is 1.05 bits per heavy atom. The molecule has 0 heterocycles. The van der Waals surface area contributed by atoms with Gasteiger partial charge in [-0.15, -0.1) is 0 Å². The van der Waals surface area contributed by atoms with Crippen molar-refractivity contribution in [3.63, 3.8) is 0 Å². The topological polar surface area (TPSA) is 101 Å². The average molecular weight is 324 g/mol. The van der Waals surface area contributed by atoms with Gasteiger partial charge in [0.25, 0.3) is 0 Å². The summed E-state index contributed by atoms with van der Waals surface area (Å²) in [5.41, 5.74) is 0. The zero-order valence-electron chi connectivity index (χ0n) is 13.0. The van der Waals surface area contributed by atoms with Gasteiger partial charge in [-0.3, -0.25) is 9.35 Å². The molecule has 0 saturated heterocycles. The summed E-state index contributed by atoms with van der Waals surface area (Å²) < 4.78 is 34.1. The zero-order valence-corrected chi connectivity index (χ0v) is 13.8. The Morgan fingerprint density at radius 3 is 1.95 bits per heavy atom. The van der Waals surface area contributed by atoms with Gasteiger partial charge in [0.15, 0.2) is 0 Å². The molecule has 21 heavy (non-hydrogen) atoms. The number of unbranched alkanes of at least 4 members (excludes halogenated alkanes) is 7. The van der Waals surface area contributed by atoms with Crippen molar-refractivity contribution >= 4 is 16.4 Å². The van der Waals surface area contributed by atoms with Crippen LogP contribution in [-0.2, 0) is 19.4 Å². The molecule has 0 aliphatic carbocycles. The predicted octanol–water partition coefficient (Wildman–Crippen LogP) is 3.43. The Balaban J connectivity index is 3.93. The first-order valence-corrected chi connectivity index (χ1v) is 9.03. The third-order valence-corrected chi connectivity index (χ3v) is 4.07. The van der Waals surface area contributed by atoms with E-state index in [1.807, 2.05) is 0 Å². The summed E-state index contributed by atoms with van der Waals surface area (Å²) in [6, 6.07) is 0. The summed E-state index contributed by atoms with van der Waals surface area (Å²) in [4.78, 5) is 11.1. The van der Waals surface area contributed by atoms with Crippen LogP contribution < -0.4 is 0 Å². The maximum absolute atomic E-state index is 11.1. The first-order valence-electron chi connectivity index (χ1n) is 7.66. The maximum Gasteiger partial charge on any atom is 0.397 e. The van der Waals surface area contributed by atoms with Gasteiger partial charge in [0, 0.05) is 0 Å². The third kappa shape index (κ3) is 11.7. The number of carboxylic acid groups (broad SMARTS) is 1. The lowest BCUT2D eigenvalue weighted by Gasteiger charge is -2.18. The molecular weight excluding hydrogens is 296 g/mol. The molecular formula is C14H28O6S. The van der Waals surface area contributed by atoms with Crippen molar-refractivity contribution < 1.29 is 27.1 Å². The van der Waals surface area contributed by atoms with Crippen LogP contribution in [-0.4, -0.2) is 30.2 Å². The summed E-state index contributed by atoms with van der Waals surface area (Å²) >= 11 is 0. The van der Waals surface area contributed by atoms with Gasteiger partial charge in [0.1, 0.15) is 0 Å². The monoisotopic (exact) mass is 324 g/mol. The van der Waals surface area contributed by atoms with E-state index in [2.05, 4.69) is 11.1 Å². The van der Waals surface area contributed by atoms with Gasteiger partial charge in [-0.05, 0) is 13.3 Å². The fourth-order valence-corrected chi connectivity index (χ4v) is 2.83. The minimum atomic E-state index is -4.61. The maximum atomic E-state index is 11.1. The molecule has 0 radical (unpaired) electrons. The molecule has 0 aromatic carbocycles. The van der Waals surface area contributed by atoms with Crippen molar-refractivity contribution in [3.8, 4) is 0 Å². The second-order valence-corrected chi connectivity index (χ2v) is 6.49. The van der Waals surface area contributed by atoms with Crippen LogP contribution in [0.15, 0.2) is 0 Å². The normalized spacial score (nSPS) is 14.8. The van der Waals surface area contributed by atoms with Gasteiger partial charge >= 0.3 is 16.4 Å². The van der Waals surface area contributed by atoms with Gasteiger partial charge in [0.2, 0.25) is 0 Å². The van der Waals surface area contributed by atoms with Gasteiger partial charge in [-0.2, -0.15) is 8.42 Å². The van der Waals surface area contributed by atoms with Crippen LogP contribution in [0.25, 0.3) is 0 Å². The summed E-state index contributed by atoms with van der Waals surface area (Å²) in [5, 5.41) is 9.08. The average Bonchev–Trinajstić information content (AvgIpc) is 2.34. The highest BCUT2D eigenvalue weighted by molar-refractivity contribution is 7.80. The molecule has 0 aromatic rings.